The molecule has 2 N–H and O–H groups in total. The average Bonchev–Trinajstić information content (AvgIpc) is 3.00. The molecule has 1 unspecified atom stereocenters. The first-order chi connectivity index (χ1) is 8.70. The molecule has 0 aliphatic carbocycles. The lowest BCUT2D eigenvalue weighted by Gasteiger charge is -2.13. The number of rotatable bonds is 6. The van der Waals surface area contributed by atoms with Gasteiger partial charge in [0.2, 0.25) is 0 Å². The van der Waals surface area contributed by atoms with E-state index in [2.05, 4.69) is 15.3 Å². The van der Waals surface area contributed by atoms with Crippen LogP contribution in [0.25, 0.3) is 0 Å². The summed E-state index contributed by atoms with van der Waals surface area (Å²) in [5.41, 5.74) is 0. The first-order valence-corrected chi connectivity index (χ1v) is 5.66. The summed E-state index contributed by atoms with van der Waals surface area (Å²) in [6.07, 6.45) is 4.31. The fraction of sp³-hybridized carbons (Fsp3) is 0.364. The highest BCUT2D eigenvalue weighted by Crippen LogP contribution is 2.17. The van der Waals surface area contributed by atoms with Crippen LogP contribution in [0.5, 0.6) is 0 Å². The van der Waals surface area contributed by atoms with Crippen LogP contribution in [0.3, 0.4) is 0 Å². The van der Waals surface area contributed by atoms with Crippen LogP contribution in [0, 0.1) is 10.1 Å². The molecule has 0 spiro atoms. The Morgan fingerprint density at radius 1 is 1.61 bits per heavy atom. The molecule has 0 saturated carbocycles. The Bertz CT molecular complexity index is 506. The summed E-state index contributed by atoms with van der Waals surface area (Å²) in [7, 11) is 0. The molecule has 1 atom stereocenters. The lowest BCUT2D eigenvalue weighted by atomic mass is 10.2. The minimum atomic E-state index is -0.548. The molecule has 0 amide bonds. The largest absolute Gasteiger partial charge is 0.433 e. The molecule has 0 aromatic carbocycles. The third-order valence-electron chi connectivity index (χ3n) is 2.61. The monoisotopic (exact) mass is 250 g/mol. The van der Waals surface area contributed by atoms with Gasteiger partial charge in [-0.1, -0.05) is 6.92 Å². The molecule has 96 valence electrons. The van der Waals surface area contributed by atoms with Gasteiger partial charge in [0.1, 0.15) is 16.5 Å². The second-order valence-electron chi connectivity index (χ2n) is 3.81. The molecular weight excluding hydrogens is 236 g/mol. The second-order valence-corrected chi connectivity index (χ2v) is 3.81. The number of nitro groups is 1. The van der Waals surface area contributed by atoms with Crippen LogP contribution in [0.2, 0.25) is 0 Å². The van der Waals surface area contributed by atoms with Crippen molar-refractivity contribution in [3.05, 3.63) is 46.2 Å². The van der Waals surface area contributed by atoms with Gasteiger partial charge in [0.05, 0.1) is 18.7 Å². The van der Waals surface area contributed by atoms with Crippen LogP contribution in [0.4, 0.5) is 5.88 Å². The highest BCUT2D eigenvalue weighted by molar-refractivity contribution is 5.17. The summed E-state index contributed by atoms with van der Waals surface area (Å²) >= 11 is 0. The third kappa shape index (κ3) is 2.75. The van der Waals surface area contributed by atoms with E-state index >= 15 is 0 Å². The number of nitrogens with one attached hydrogen (secondary N) is 2. The van der Waals surface area contributed by atoms with Crippen molar-refractivity contribution >= 4 is 5.88 Å². The van der Waals surface area contributed by atoms with Gasteiger partial charge in [-0.3, -0.25) is 10.1 Å². The van der Waals surface area contributed by atoms with Gasteiger partial charge in [0, 0.05) is 12.4 Å². The van der Waals surface area contributed by atoms with E-state index in [0.717, 1.165) is 12.2 Å². The Hall–Kier alpha value is -2.15. The van der Waals surface area contributed by atoms with Gasteiger partial charge in [-0.05, 0) is 12.5 Å². The van der Waals surface area contributed by atoms with Gasteiger partial charge in [-0.25, -0.2) is 4.98 Å². The van der Waals surface area contributed by atoms with Crippen molar-refractivity contribution < 1.29 is 9.34 Å². The maximum atomic E-state index is 10.5. The molecule has 18 heavy (non-hydrogen) atoms. The van der Waals surface area contributed by atoms with Crippen molar-refractivity contribution in [2.75, 3.05) is 0 Å². The molecule has 0 bridgehead atoms. The first-order valence-electron chi connectivity index (χ1n) is 5.66. The molecule has 2 aromatic heterocycles. The fourth-order valence-corrected chi connectivity index (χ4v) is 1.69. The summed E-state index contributed by atoms with van der Waals surface area (Å²) in [6.45, 7) is 2.46. The molecule has 0 aliphatic heterocycles. The topological polar surface area (TPSA) is 97.0 Å². The molecule has 7 heteroatoms. The zero-order valence-electron chi connectivity index (χ0n) is 9.92. The molecule has 0 radical (unpaired) electrons. The van der Waals surface area contributed by atoms with Crippen LogP contribution in [-0.4, -0.2) is 14.9 Å². The second kappa shape index (κ2) is 5.46. The Morgan fingerprint density at radius 2 is 2.44 bits per heavy atom. The van der Waals surface area contributed by atoms with Crippen LogP contribution in [0.1, 0.15) is 31.0 Å². The predicted molar refractivity (Wildman–Crippen MR) is 63.8 cm³/mol. The Kier molecular flexibility index (Phi) is 3.73. The van der Waals surface area contributed by atoms with Crippen molar-refractivity contribution in [2.45, 2.75) is 25.9 Å². The van der Waals surface area contributed by atoms with Gasteiger partial charge in [0.25, 0.3) is 0 Å². The molecular formula is C11H14N4O3. The van der Waals surface area contributed by atoms with Crippen LogP contribution in [-0.2, 0) is 6.54 Å². The Morgan fingerprint density at radius 3 is 3.00 bits per heavy atom. The van der Waals surface area contributed by atoms with Crippen LogP contribution >= 0.6 is 0 Å². The van der Waals surface area contributed by atoms with Gasteiger partial charge < -0.3 is 14.7 Å². The van der Waals surface area contributed by atoms with E-state index in [1.807, 2.05) is 6.92 Å². The normalized spacial score (nSPS) is 12.5. The van der Waals surface area contributed by atoms with Crippen molar-refractivity contribution in [3.8, 4) is 0 Å². The van der Waals surface area contributed by atoms with E-state index in [0.29, 0.717) is 12.3 Å². The molecule has 0 fully saturated rings. The van der Waals surface area contributed by atoms with E-state index in [9.17, 15) is 10.1 Å². The summed E-state index contributed by atoms with van der Waals surface area (Å²) < 4.78 is 5.07. The number of hydrogen-bond donors (Lipinski definition) is 2. The minimum Gasteiger partial charge on any atom is -0.404 e. The number of hydrogen-bond acceptors (Lipinski definition) is 5. The van der Waals surface area contributed by atoms with Crippen molar-refractivity contribution in [2.24, 2.45) is 0 Å². The standard InChI is InChI=1S/C11H14N4O3/c1-2-9(11-12-5-6-13-11)14-7-8-3-4-10(18-8)15(16)17/h3-6,9,14H,2,7H2,1H3,(H,12,13). The maximum absolute atomic E-state index is 10.5. The smallest absolute Gasteiger partial charge is 0.404 e. The van der Waals surface area contributed by atoms with Gasteiger partial charge in [0.15, 0.2) is 0 Å². The summed E-state index contributed by atoms with van der Waals surface area (Å²) in [4.78, 5) is 17.1. The van der Waals surface area contributed by atoms with Crippen LogP contribution in [0.15, 0.2) is 28.9 Å². The van der Waals surface area contributed by atoms with E-state index < -0.39 is 4.92 Å². The number of H-pyrrole nitrogens is 1. The molecule has 7 nitrogen and oxygen atoms in total. The quantitative estimate of drug-likeness (QED) is 0.604. The summed E-state index contributed by atoms with van der Waals surface area (Å²) in [5.74, 6) is 1.14. The van der Waals surface area contributed by atoms with Crippen LogP contribution < -0.4 is 5.32 Å². The van der Waals surface area contributed by atoms with E-state index in [-0.39, 0.29) is 11.9 Å². The third-order valence-corrected chi connectivity index (χ3v) is 2.61. The van der Waals surface area contributed by atoms with E-state index in [1.54, 1.807) is 18.5 Å². The fourth-order valence-electron chi connectivity index (χ4n) is 1.69. The highest BCUT2D eigenvalue weighted by atomic mass is 16.6. The van der Waals surface area contributed by atoms with E-state index in [4.69, 9.17) is 4.42 Å². The number of aromatic nitrogens is 2. The number of nitrogens with zero attached hydrogens (tertiary/aromatic N) is 2. The SMILES string of the molecule is CCC(NCc1ccc([N+](=O)[O-])o1)c1ncc[nH]1. The van der Waals surface area contributed by atoms with E-state index in [1.165, 1.54) is 6.07 Å². The predicted octanol–water partition coefficient (Wildman–Crippen LogP) is 2.15. The number of furan rings is 1. The lowest BCUT2D eigenvalue weighted by molar-refractivity contribution is -0.402. The average molecular weight is 250 g/mol. The minimum absolute atomic E-state index is 0.0733. The zero-order chi connectivity index (χ0) is 13.0. The molecule has 2 heterocycles. The molecule has 0 aliphatic rings. The van der Waals surface area contributed by atoms with Gasteiger partial charge in [-0.15, -0.1) is 0 Å². The molecule has 2 aromatic rings. The summed E-state index contributed by atoms with van der Waals surface area (Å²) in [5, 5.41) is 13.7. The van der Waals surface area contributed by atoms with Crippen molar-refractivity contribution in [3.63, 3.8) is 0 Å². The van der Waals surface area contributed by atoms with Crippen molar-refractivity contribution in [1.82, 2.24) is 15.3 Å². The lowest BCUT2D eigenvalue weighted by Crippen LogP contribution is -2.21. The Labute approximate surface area is 103 Å². The van der Waals surface area contributed by atoms with Gasteiger partial charge in [-0.2, -0.15) is 0 Å². The number of imidazole rings is 1. The molecule has 0 saturated heterocycles. The van der Waals surface area contributed by atoms with Gasteiger partial charge >= 0.3 is 5.88 Å². The van der Waals surface area contributed by atoms with Crippen molar-refractivity contribution in [1.29, 1.82) is 0 Å². The zero-order valence-corrected chi connectivity index (χ0v) is 9.92. The molecule has 2 rings (SSSR count). The highest BCUT2D eigenvalue weighted by Gasteiger charge is 2.14. The first kappa shape index (κ1) is 12.3. The maximum Gasteiger partial charge on any atom is 0.433 e. The summed E-state index contributed by atoms with van der Waals surface area (Å²) in [6, 6.07) is 3.02. The Balaban J connectivity index is 1.95. The number of aromatic amines is 1.